The summed E-state index contributed by atoms with van der Waals surface area (Å²) in [6.45, 7) is 9.53. The van der Waals surface area contributed by atoms with E-state index in [4.69, 9.17) is 18.6 Å². The molecule has 0 saturated carbocycles. The molecule has 2 amide bonds. The van der Waals surface area contributed by atoms with Crippen molar-refractivity contribution in [2.24, 2.45) is 0 Å². The summed E-state index contributed by atoms with van der Waals surface area (Å²) in [6.07, 6.45) is 4.20. The van der Waals surface area contributed by atoms with Crippen LogP contribution in [0.1, 0.15) is 42.5 Å². The summed E-state index contributed by atoms with van der Waals surface area (Å²) in [7, 11) is -2.49. The topological polar surface area (TPSA) is 179 Å². The third-order valence-corrected chi connectivity index (χ3v) is 7.48. The number of hydrogen-bond donors (Lipinski definition) is 2. The molecule has 1 aromatic carbocycles. The molecule has 0 aliphatic heterocycles. The number of hydrogen-bond acceptors (Lipinski definition) is 12. The van der Waals surface area contributed by atoms with Crippen LogP contribution in [0, 0.1) is 18.6 Å². The molecule has 0 atom stereocenters. The van der Waals surface area contributed by atoms with Gasteiger partial charge in [-0.25, -0.2) is 27.0 Å². The maximum Gasteiger partial charge on any atom is 0.429 e. The van der Waals surface area contributed by atoms with E-state index in [1.165, 1.54) is 39.2 Å². The zero-order valence-electron chi connectivity index (χ0n) is 26.9. The van der Waals surface area contributed by atoms with E-state index in [2.05, 4.69) is 27.2 Å². The summed E-state index contributed by atoms with van der Waals surface area (Å²) in [4.78, 5) is 47.8. The van der Waals surface area contributed by atoms with Crippen molar-refractivity contribution in [3.8, 4) is 11.5 Å². The predicted molar refractivity (Wildman–Crippen MR) is 172 cm³/mol. The van der Waals surface area contributed by atoms with E-state index in [0.717, 1.165) is 32.6 Å². The minimum atomic E-state index is -4.63. The van der Waals surface area contributed by atoms with Crippen LogP contribution in [0.2, 0.25) is 0 Å². The van der Waals surface area contributed by atoms with Crippen LogP contribution >= 0.6 is 0 Å². The Morgan fingerprint density at radius 2 is 1.67 bits per heavy atom. The summed E-state index contributed by atoms with van der Waals surface area (Å²) in [5.74, 6) is -7.01. The lowest BCUT2D eigenvalue weighted by molar-refractivity contribution is -0.111. The fourth-order valence-electron chi connectivity index (χ4n) is 4.45. The van der Waals surface area contributed by atoms with Gasteiger partial charge < -0.3 is 29.3 Å². The molecule has 48 heavy (non-hydrogen) atoms. The minimum absolute atomic E-state index is 0.00463. The van der Waals surface area contributed by atoms with Gasteiger partial charge in [0.05, 0.1) is 49.6 Å². The number of halogens is 2. The van der Waals surface area contributed by atoms with Crippen molar-refractivity contribution < 1.29 is 50.2 Å². The third-order valence-electron chi connectivity index (χ3n) is 6.48. The summed E-state index contributed by atoms with van der Waals surface area (Å²) in [5, 5.41) is 5.38. The third kappa shape index (κ3) is 7.05. The molecule has 4 aromatic rings. The number of aromatic nitrogens is 2. The number of carbonyl (C=O) groups is 3. The molecule has 14 nitrogen and oxygen atoms in total. The quantitative estimate of drug-likeness (QED) is 0.155. The maximum absolute atomic E-state index is 15.5. The summed E-state index contributed by atoms with van der Waals surface area (Å²) < 4.78 is 78.6. The molecule has 0 aliphatic carbocycles. The van der Waals surface area contributed by atoms with Crippen molar-refractivity contribution in [2.45, 2.75) is 33.3 Å². The Kier molecular flexibility index (Phi) is 9.75. The lowest BCUT2D eigenvalue weighted by Crippen LogP contribution is -2.41. The largest absolute Gasteiger partial charge is 0.494 e. The lowest BCUT2D eigenvalue weighted by atomic mass is 10.0. The number of nitrogens with one attached hydrogen (secondary N) is 2. The minimum Gasteiger partial charge on any atom is -0.494 e. The Hall–Kier alpha value is -5.58. The van der Waals surface area contributed by atoms with E-state index in [0.29, 0.717) is 17.5 Å². The van der Waals surface area contributed by atoms with Gasteiger partial charge in [-0.1, -0.05) is 6.58 Å². The van der Waals surface area contributed by atoms with Gasteiger partial charge in [-0.15, -0.1) is 0 Å². The zero-order chi connectivity index (χ0) is 35.7. The van der Waals surface area contributed by atoms with Gasteiger partial charge in [-0.05, 0) is 45.4 Å². The van der Waals surface area contributed by atoms with Gasteiger partial charge >= 0.3 is 6.09 Å². The van der Waals surface area contributed by atoms with Crippen molar-refractivity contribution in [1.29, 1.82) is 0 Å². The number of rotatable bonds is 10. The van der Waals surface area contributed by atoms with E-state index in [1.54, 1.807) is 6.92 Å². The van der Waals surface area contributed by atoms with Gasteiger partial charge in [-0.2, -0.15) is 4.31 Å². The lowest BCUT2D eigenvalue weighted by Gasteiger charge is -2.26. The van der Waals surface area contributed by atoms with Crippen LogP contribution in [0.5, 0.6) is 11.5 Å². The standard InChI is InChI=1S/C31H31F2N5O9S/c1-9-22(39)36-17-13-34-12-15(2)26(17)37-21-10-16-20(14-35-21)46-29(27(16)38(48(8,42)43)30(41)47-31(3,4)5)28(40)23-24(32)18(44-6)11-19(45-7)25(23)33/h9-14H,1H2,2-8H3,(H,36,39)(H,34,35,37). The average Bonchev–Trinajstić information content (AvgIpc) is 3.35. The Morgan fingerprint density at radius 3 is 2.21 bits per heavy atom. The second kappa shape index (κ2) is 13.3. The molecular weight excluding hydrogens is 656 g/mol. The van der Waals surface area contributed by atoms with Gasteiger partial charge in [0.25, 0.3) is 0 Å². The van der Waals surface area contributed by atoms with Crippen molar-refractivity contribution in [3.63, 3.8) is 0 Å². The first-order valence-corrected chi connectivity index (χ1v) is 15.7. The molecular formula is C31H31F2N5O9S. The van der Waals surface area contributed by atoms with Crippen molar-refractivity contribution in [3.05, 3.63) is 71.9 Å². The molecule has 3 heterocycles. The Labute approximate surface area is 273 Å². The molecule has 0 unspecified atom stereocenters. The molecule has 2 N–H and O–H groups in total. The van der Waals surface area contributed by atoms with E-state index >= 15 is 8.78 Å². The van der Waals surface area contributed by atoms with Crippen LogP contribution in [0.4, 0.5) is 36.5 Å². The van der Waals surface area contributed by atoms with Crippen LogP contribution < -0.4 is 24.4 Å². The first-order chi connectivity index (χ1) is 22.4. The van der Waals surface area contributed by atoms with Crippen LogP contribution in [0.15, 0.2) is 47.8 Å². The van der Waals surface area contributed by atoms with E-state index < -0.39 is 73.6 Å². The zero-order valence-corrected chi connectivity index (χ0v) is 27.7. The number of carbonyl (C=O) groups excluding carboxylic acids is 3. The van der Waals surface area contributed by atoms with E-state index in [1.807, 2.05) is 0 Å². The summed E-state index contributed by atoms with van der Waals surface area (Å²) in [5.41, 5.74) is -2.30. The highest BCUT2D eigenvalue weighted by molar-refractivity contribution is 7.92. The van der Waals surface area contributed by atoms with E-state index in [9.17, 15) is 22.8 Å². The highest BCUT2D eigenvalue weighted by Crippen LogP contribution is 2.41. The first-order valence-electron chi connectivity index (χ1n) is 13.9. The number of amides is 2. The molecule has 17 heteroatoms. The molecule has 3 aromatic heterocycles. The molecule has 0 bridgehead atoms. The second-order valence-electron chi connectivity index (χ2n) is 11.2. The highest BCUT2D eigenvalue weighted by atomic mass is 32.2. The second-order valence-corrected chi connectivity index (χ2v) is 13.0. The average molecular weight is 688 g/mol. The number of benzene rings is 1. The summed E-state index contributed by atoms with van der Waals surface area (Å²) in [6, 6.07) is 2.10. The number of pyridine rings is 2. The molecule has 0 aliphatic rings. The number of sulfonamides is 1. The SMILES string of the molecule is C=CC(=O)Nc1cncc(C)c1Nc1cc2c(N(C(=O)OC(C)(C)C)S(C)(=O)=O)c(C(=O)c3c(F)c(OC)cc(OC)c3F)oc2cn1. The normalized spacial score (nSPS) is 11.5. The monoisotopic (exact) mass is 687 g/mol. The molecule has 0 fully saturated rings. The maximum atomic E-state index is 15.5. The van der Waals surface area contributed by atoms with Gasteiger partial charge in [0.2, 0.25) is 27.5 Å². The van der Waals surface area contributed by atoms with Gasteiger partial charge in [0, 0.05) is 12.3 Å². The number of anilines is 4. The predicted octanol–water partition coefficient (Wildman–Crippen LogP) is 5.63. The number of furan rings is 1. The van der Waals surface area contributed by atoms with Gasteiger partial charge in [0.15, 0.2) is 28.7 Å². The Balaban J connectivity index is 2.04. The number of ketones is 1. The van der Waals surface area contributed by atoms with Crippen LogP contribution in [-0.2, 0) is 19.6 Å². The Bertz CT molecular complexity index is 2050. The van der Waals surface area contributed by atoms with Crippen LogP contribution in [0.3, 0.4) is 0 Å². The Morgan fingerprint density at radius 1 is 1.04 bits per heavy atom. The van der Waals surface area contributed by atoms with Gasteiger partial charge in [0.1, 0.15) is 22.7 Å². The van der Waals surface area contributed by atoms with Crippen LogP contribution in [-0.4, -0.2) is 62.2 Å². The molecule has 4 rings (SSSR count). The number of methoxy groups -OCH3 is 2. The smallest absolute Gasteiger partial charge is 0.429 e. The van der Waals surface area contributed by atoms with Crippen LogP contribution in [0.25, 0.3) is 11.0 Å². The molecule has 0 saturated heterocycles. The molecule has 0 radical (unpaired) electrons. The fourth-order valence-corrected chi connectivity index (χ4v) is 5.27. The number of ether oxygens (including phenoxy) is 3. The van der Waals surface area contributed by atoms with Crippen molar-refractivity contribution in [1.82, 2.24) is 9.97 Å². The highest BCUT2D eigenvalue weighted by Gasteiger charge is 2.40. The molecule has 0 spiro atoms. The fraction of sp³-hybridized carbons (Fsp3) is 0.258. The number of fused-ring (bicyclic) bond motifs is 1. The number of nitrogens with zero attached hydrogens (tertiary/aromatic N) is 3. The van der Waals surface area contributed by atoms with E-state index in [-0.39, 0.29) is 26.8 Å². The van der Waals surface area contributed by atoms with Crippen molar-refractivity contribution >= 4 is 61.7 Å². The number of aryl methyl sites for hydroxylation is 1. The summed E-state index contributed by atoms with van der Waals surface area (Å²) >= 11 is 0. The molecule has 254 valence electrons. The first kappa shape index (κ1) is 35.3. The van der Waals surface area contributed by atoms with Gasteiger partial charge in [-0.3, -0.25) is 14.6 Å². The van der Waals surface area contributed by atoms with Crippen molar-refractivity contribution in [2.75, 3.05) is 35.4 Å².